The molecule has 2 aliphatic rings. The van der Waals surface area contributed by atoms with Crippen molar-refractivity contribution in [2.45, 2.75) is 26.7 Å². The summed E-state index contributed by atoms with van der Waals surface area (Å²) in [6.45, 7) is 5.31. The average molecular weight is 464 g/mol. The number of fused-ring (bicyclic) bond motifs is 1. The Hall–Kier alpha value is -3.11. The van der Waals surface area contributed by atoms with Crippen LogP contribution in [-0.2, 0) is 9.59 Å². The highest BCUT2D eigenvalue weighted by Crippen LogP contribution is 2.19. The fraction of sp³-hybridized carbons (Fsp3) is 0.429. The maximum Gasteiger partial charge on any atom is 0.446 e. The van der Waals surface area contributed by atoms with Crippen LogP contribution in [0.25, 0.3) is 0 Å². The summed E-state index contributed by atoms with van der Waals surface area (Å²) >= 11 is 0. The van der Waals surface area contributed by atoms with Gasteiger partial charge in [0.15, 0.2) is 6.61 Å². The van der Waals surface area contributed by atoms with Crippen LogP contribution in [0, 0.1) is 0 Å². The van der Waals surface area contributed by atoms with Gasteiger partial charge in [-0.25, -0.2) is 9.59 Å². The largest absolute Gasteiger partial charge is 0.484 e. The lowest BCUT2D eigenvalue weighted by Crippen LogP contribution is -2.54. The second kappa shape index (κ2) is 11.5. The Morgan fingerprint density at radius 3 is 2.50 bits per heavy atom. The summed E-state index contributed by atoms with van der Waals surface area (Å²) in [4.78, 5) is 47.3. The van der Waals surface area contributed by atoms with Gasteiger partial charge in [0.1, 0.15) is 5.75 Å². The number of nitrogens with one attached hydrogen (secondary N) is 1. The zero-order valence-electron chi connectivity index (χ0n) is 18.2. The molecule has 0 bridgehead atoms. The van der Waals surface area contributed by atoms with Crippen LogP contribution >= 0.6 is 12.4 Å². The molecule has 172 valence electrons. The number of imide groups is 1. The predicted molar refractivity (Wildman–Crippen MR) is 123 cm³/mol. The smallest absolute Gasteiger partial charge is 0.446 e. The minimum Gasteiger partial charge on any atom is -0.484 e. The van der Waals surface area contributed by atoms with Crippen molar-refractivity contribution >= 4 is 47.6 Å². The van der Waals surface area contributed by atoms with Crippen molar-refractivity contribution in [3.63, 3.8) is 0 Å². The fourth-order valence-electron chi connectivity index (χ4n) is 3.20. The fourth-order valence-corrected chi connectivity index (χ4v) is 3.20. The van der Waals surface area contributed by atoms with Crippen LogP contribution in [-0.4, -0.2) is 77.5 Å². The molecule has 0 atom stereocenters. The van der Waals surface area contributed by atoms with Crippen LogP contribution in [0.1, 0.15) is 32.3 Å². The number of aliphatic imine (C=N–C) groups is 2. The normalized spacial score (nSPS) is 15.2. The number of amides is 4. The number of urea groups is 1. The molecule has 0 radical (unpaired) electrons. The zero-order valence-corrected chi connectivity index (χ0v) is 19.0. The van der Waals surface area contributed by atoms with Gasteiger partial charge in [-0.05, 0) is 37.1 Å². The van der Waals surface area contributed by atoms with Crippen LogP contribution in [0.4, 0.5) is 4.79 Å². The molecule has 0 aliphatic carbocycles. The van der Waals surface area contributed by atoms with Crippen LogP contribution < -0.4 is 15.8 Å². The molecular weight excluding hydrogens is 436 g/mol. The van der Waals surface area contributed by atoms with Gasteiger partial charge in [-0.3, -0.25) is 4.79 Å². The number of carbonyl (C=O) groups is 3. The zero-order chi connectivity index (χ0) is 22.4. The van der Waals surface area contributed by atoms with Crippen molar-refractivity contribution in [3.05, 3.63) is 29.8 Å². The topological polar surface area (TPSA) is 129 Å². The number of carbonyl (C=O) groups excluding carboxylic acids is 3. The van der Waals surface area contributed by atoms with E-state index in [4.69, 9.17) is 10.5 Å². The Labute approximate surface area is 192 Å². The molecule has 0 spiro atoms. The molecule has 0 aromatic heterocycles. The van der Waals surface area contributed by atoms with Gasteiger partial charge >= 0.3 is 17.8 Å². The molecule has 10 nitrogen and oxygen atoms in total. The number of ether oxygens (including phenoxy) is 1. The lowest BCUT2D eigenvalue weighted by molar-refractivity contribution is -0.435. The number of nitrogens with two attached hydrogens (primary N) is 1. The van der Waals surface area contributed by atoms with Gasteiger partial charge in [0.25, 0.3) is 5.91 Å². The Bertz CT molecular complexity index is 971. The van der Waals surface area contributed by atoms with E-state index in [0.29, 0.717) is 55.6 Å². The number of hydrogen-bond acceptors (Lipinski definition) is 7. The van der Waals surface area contributed by atoms with E-state index in [1.54, 1.807) is 24.3 Å². The molecule has 3 rings (SSSR count). The molecule has 1 aromatic rings. The maximum absolute atomic E-state index is 12.8. The van der Waals surface area contributed by atoms with Crippen LogP contribution in [0.3, 0.4) is 0 Å². The number of nitrogens with zero attached hydrogens (tertiary/aromatic N) is 4. The Balaban J connectivity index is 0.00000363. The molecule has 0 fully saturated rings. The third-order valence-corrected chi connectivity index (χ3v) is 4.65. The number of benzene rings is 1. The molecule has 3 N–H and O–H groups in total. The summed E-state index contributed by atoms with van der Waals surface area (Å²) in [5, 5.41) is 2.63. The SMILES string of the molecule is CCCN1C(=O)C2=NC(c3ccc(OCC(=O)NCCN)cc3)=NC2=[N+](CCC)C1=O.Cl. The second-order valence-electron chi connectivity index (χ2n) is 7.06. The van der Waals surface area contributed by atoms with E-state index in [1.807, 2.05) is 13.8 Å². The van der Waals surface area contributed by atoms with Crippen molar-refractivity contribution in [1.82, 2.24) is 10.2 Å². The van der Waals surface area contributed by atoms with Crippen LogP contribution in [0.2, 0.25) is 0 Å². The van der Waals surface area contributed by atoms with Crippen LogP contribution in [0.15, 0.2) is 34.3 Å². The lowest BCUT2D eigenvalue weighted by atomic mass is 10.2. The van der Waals surface area contributed by atoms with E-state index in [9.17, 15) is 14.4 Å². The number of amidine groups is 2. The third kappa shape index (κ3) is 5.38. The van der Waals surface area contributed by atoms with Gasteiger partial charge in [0, 0.05) is 18.7 Å². The Morgan fingerprint density at radius 2 is 1.88 bits per heavy atom. The highest BCUT2D eigenvalue weighted by Gasteiger charge is 2.47. The van der Waals surface area contributed by atoms with Gasteiger partial charge in [0.2, 0.25) is 11.5 Å². The maximum atomic E-state index is 12.8. The minimum absolute atomic E-state index is 0. The highest BCUT2D eigenvalue weighted by molar-refractivity contribution is 6.70. The number of rotatable bonds is 10. The summed E-state index contributed by atoms with van der Waals surface area (Å²) in [6, 6.07) is 6.52. The van der Waals surface area contributed by atoms with Gasteiger partial charge in [-0.15, -0.1) is 12.4 Å². The first-order chi connectivity index (χ1) is 15.0. The molecule has 11 heteroatoms. The van der Waals surface area contributed by atoms with Gasteiger partial charge in [0.05, 0.1) is 13.1 Å². The second-order valence-corrected chi connectivity index (χ2v) is 7.06. The first-order valence-electron chi connectivity index (χ1n) is 10.4. The summed E-state index contributed by atoms with van der Waals surface area (Å²) in [5.41, 5.74) is 6.21. The van der Waals surface area contributed by atoms with Gasteiger partial charge in [-0.2, -0.15) is 14.5 Å². The predicted octanol–water partition coefficient (Wildman–Crippen LogP) is 0.957. The van der Waals surface area contributed by atoms with E-state index in [1.165, 1.54) is 9.48 Å². The van der Waals surface area contributed by atoms with E-state index < -0.39 is 5.91 Å². The standard InChI is InChI=1S/C21H26N6O4.ClH/c1-3-11-26-19-17(20(29)27(12-4-2)21(26)30)24-18(25-19)14-5-7-15(8-6-14)31-13-16(28)23-10-9-22;/h5-8H,3-4,9-13,22H2,1-2H3;1H/p+1. The van der Waals surface area contributed by atoms with E-state index in [-0.39, 0.29) is 36.7 Å². The van der Waals surface area contributed by atoms with Crippen molar-refractivity contribution in [2.24, 2.45) is 15.7 Å². The monoisotopic (exact) mass is 463 g/mol. The van der Waals surface area contributed by atoms with Crippen LogP contribution in [0.5, 0.6) is 5.75 Å². The third-order valence-electron chi connectivity index (χ3n) is 4.65. The molecular formula is C21H28ClN6O4+. The first kappa shape index (κ1) is 25.2. The Kier molecular flexibility index (Phi) is 9.03. The van der Waals surface area contributed by atoms with Crippen molar-refractivity contribution < 1.29 is 23.7 Å². The van der Waals surface area contributed by atoms with Crippen molar-refractivity contribution in [1.29, 1.82) is 0 Å². The number of hydrogen-bond donors (Lipinski definition) is 2. The van der Waals surface area contributed by atoms with Gasteiger partial charge in [-0.1, -0.05) is 18.8 Å². The minimum atomic E-state index is -0.420. The average Bonchev–Trinajstić information content (AvgIpc) is 3.22. The van der Waals surface area contributed by atoms with Crippen molar-refractivity contribution in [2.75, 3.05) is 32.8 Å². The van der Waals surface area contributed by atoms with E-state index in [0.717, 1.165) is 6.42 Å². The molecule has 32 heavy (non-hydrogen) atoms. The molecule has 4 amide bonds. The number of halogens is 1. The summed E-state index contributed by atoms with van der Waals surface area (Å²) in [7, 11) is 0. The van der Waals surface area contributed by atoms with Gasteiger partial charge < -0.3 is 15.8 Å². The summed E-state index contributed by atoms with van der Waals surface area (Å²) < 4.78 is 6.96. The summed E-state index contributed by atoms with van der Waals surface area (Å²) in [6.07, 6.45) is 1.39. The quantitative estimate of drug-likeness (QED) is 0.499. The lowest BCUT2D eigenvalue weighted by Gasteiger charge is -2.21. The summed E-state index contributed by atoms with van der Waals surface area (Å²) in [5.74, 6) is 0.499. The highest BCUT2D eigenvalue weighted by atomic mass is 35.5. The molecule has 0 unspecified atom stereocenters. The molecule has 1 aromatic carbocycles. The Morgan fingerprint density at radius 1 is 1.16 bits per heavy atom. The molecule has 2 heterocycles. The van der Waals surface area contributed by atoms with Crippen molar-refractivity contribution in [3.8, 4) is 5.75 Å². The van der Waals surface area contributed by atoms with E-state index >= 15 is 0 Å². The molecule has 0 saturated heterocycles. The molecule has 2 aliphatic heterocycles. The van der Waals surface area contributed by atoms with E-state index in [2.05, 4.69) is 15.3 Å². The first-order valence-corrected chi connectivity index (χ1v) is 10.4. The molecule has 0 saturated carbocycles.